The molecule has 1 aliphatic rings. The van der Waals surface area contributed by atoms with Gasteiger partial charge in [0.25, 0.3) is 0 Å². The molecule has 20 heavy (non-hydrogen) atoms. The fourth-order valence-corrected chi connectivity index (χ4v) is 2.37. The van der Waals surface area contributed by atoms with Crippen LogP contribution in [0.4, 0.5) is 0 Å². The maximum Gasteiger partial charge on any atom is 0.226 e. The van der Waals surface area contributed by atoms with E-state index in [2.05, 4.69) is 9.88 Å². The third kappa shape index (κ3) is 2.90. The number of oxazole rings is 1. The standard InChI is InChI=1S/C15H18N2O3/c18-9-14-11-19-7-6-17(14)8-13-10-20-15(16-13)12-4-2-1-3-5-12/h1-5,10,14,18H,6-9,11H2. The van der Waals surface area contributed by atoms with Gasteiger partial charge in [0.2, 0.25) is 5.89 Å². The van der Waals surface area contributed by atoms with Crippen LogP contribution in [0.25, 0.3) is 11.5 Å². The van der Waals surface area contributed by atoms with Gasteiger partial charge < -0.3 is 14.3 Å². The van der Waals surface area contributed by atoms with Gasteiger partial charge in [0, 0.05) is 18.7 Å². The number of ether oxygens (including phenoxy) is 1. The maximum absolute atomic E-state index is 9.36. The van der Waals surface area contributed by atoms with Crippen LogP contribution in [0.15, 0.2) is 41.0 Å². The van der Waals surface area contributed by atoms with Gasteiger partial charge >= 0.3 is 0 Å². The molecular formula is C15H18N2O3. The summed E-state index contributed by atoms with van der Waals surface area (Å²) in [7, 11) is 0. The molecule has 0 radical (unpaired) electrons. The highest BCUT2D eigenvalue weighted by atomic mass is 16.5. The number of morpholine rings is 1. The lowest BCUT2D eigenvalue weighted by molar-refractivity contribution is -0.0317. The summed E-state index contributed by atoms with van der Waals surface area (Å²) in [6.07, 6.45) is 1.69. The van der Waals surface area contributed by atoms with E-state index in [4.69, 9.17) is 9.15 Å². The first kappa shape index (κ1) is 13.3. The van der Waals surface area contributed by atoms with Gasteiger partial charge in [0.05, 0.1) is 31.6 Å². The first-order chi connectivity index (χ1) is 9.86. The molecule has 1 unspecified atom stereocenters. The Labute approximate surface area is 117 Å². The topological polar surface area (TPSA) is 58.7 Å². The lowest BCUT2D eigenvalue weighted by Gasteiger charge is -2.33. The quantitative estimate of drug-likeness (QED) is 0.916. The molecule has 1 N–H and O–H groups in total. The molecule has 5 heteroatoms. The third-order valence-electron chi connectivity index (χ3n) is 3.50. The maximum atomic E-state index is 9.36. The SMILES string of the molecule is OCC1COCCN1Cc1coc(-c2ccccc2)n1. The molecule has 0 saturated carbocycles. The minimum Gasteiger partial charge on any atom is -0.444 e. The highest BCUT2D eigenvalue weighted by Gasteiger charge is 2.23. The van der Waals surface area contributed by atoms with Crippen LogP contribution in [0, 0.1) is 0 Å². The molecule has 1 aliphatic heterocycles. The molecule has 0 bridgehead atoms. The van der Waals surface area contributed by atoms with Gasteiger partial charge in [0.15, 0.2) is 0 Å². The van der Waals surface area contributed by atoms with Crippen molar-refractivity contribution in [2.75, 3.05) is 26.4 Å². The van der Waals surface area contributed by atoms with Gasteiger partial charge in [-0.1, -0.05) is 18.2 Å². The Morgan fingerprint density at radius 1 is 1.30 bits per heavy atom. The summed E-state index contributed by atoms with van der Waals surface area (Å²) >= 11 is 0. The molecule has 1 fully saturated rings. The second-order valence-corrected chi connectivity index (χ2v) is 4.89. The average Bonchev–Trinajstić information content (AvgIpc) is 2.97. The third-order valence-corrected chi connectivity index (χ3v) is 3.50. The molecule has 1 aromatic heterocycles. The second-order valence-electron chi connectivity index (χ2n) is 4.89. The first-order valence-corrected chi connectivity index (χ1v) is 6.79. The normalized spacial score (nSPS) is 20.1. The van der Waals surface area contributed by atoms with E-state index in [0.29, 0.717) is 25.6 Å². The van der Waals surface area contributed by atoms with Crippen molar-refractivity contribution in [3.63, 3.8) is 0 Å². The molecule has 1 saturated heterocycles. The minimum absolute atomic E-state index is 0.0422. The number of hydrogen-bond acceptors (Lipinski definition) is 5. The van der Waals surface area contributed by atoms with E-state index in [1.54, 1.807) is 6.26 Å². The van der Waals surface area contributed by atoms with Crippen LogP contribution in [0.3, 0.4) is 0 Å². The van der Waals surface area contributed by atoms with Crippen molar-refractivity contribution in [1.29, 1.82) is 0 Å². The molecule has 106 valence electrons. The first-order valence-electron chi connectivity index (χ1n) is 6.79. The molecule has 1 atom stereocenters. The second kappa shape index (κ2) is 6.17. The summed E-state index contributed by atoms with van der Waals surface area (Å²) in [5, 5.41) is 9.36. The van der Waals surface area contributed by atoms with E-state index in [9.17, 15) is 5.11 Å². The van der Waals surface area contributed by atoms with Crippen molar-refractivity contribution in [2.24, 2.45) is 0 Å². The molecule has 0 spiro atoms. The fourth-order valence-electron chi connectivity index (χ4n) is 2.37. The fraction of sp³-hybridized carbons (Fsp3) is 0.400. The Kier molecular flexibility index (Phi) is 4.11. The predicted molar refractivity (Wildman–Crippen MR) is 74.0 cm³/mol. The summed E-state index contributed by atoms with van der Waals surface area (Å²) in [6.45, 7) is 2.84. The summed E-state index contributed by atoms with van der Waals surface area (Å²) < 4.78 is 10.9. The summed E-state index contributed by atoms with van der Waals surface area (Å²) in [5.74, 6) is 0.634. The van der Waals surface area contributed by atoms with Crippen LogP contribution < -0.4 is 0 Å². The van der Waals surface area contributed by atoms with Crippen molar-refractivity contribution in [2.45, 2.75) is 12.6 Å². The molecule has 1 aromatic carbocycles. The molecule has 0 aliphatic carbocycles. The molecule has 0 amide bonds. The molecule has 3 rings (SSSR count). The van der Waals surface area contributed by atoms with Crippen molar-refractivity contribution >= 4 is 0 Å². The number of hydrogen-bond donors (Lipinski definition) is 1. The zero-order chi connectivity index (χ0) is 13.8. The van der Waals surface area contributed by atoms with E-state index >= 15 is 0 Å². The highest BCUT2D eigenvalue weighted by Crippen LogP contribution is 2.19. The van der Waals surface area contributed by atoms with E-state index < -0.39 is 0 Å². The Balaban J connectivity index is 1.71. The zero-order valence-corrected chi connectivity index (χ0v) is 11.2. The van der Waals surface area contributed by atoms with Crippen molar-refractivity contribution in [1.82, 2.24) is 9.88 Å². The van der Waals surface area contributed by atoms with E-state index in [1.165, 1.54) is 0 Å². The smallest absolute Gasteiger partial charge is 0.226 e. The van der Waals surface area contributed by atoms with Crippen LogP contribution in [-0.2, 0) is 11.3 Å². The Hall–Kier alpha value is -1.69. The molecular weight excluding hydrogens is 256 g/mol. The molecule has 5 nitrogen and oxygen atoms in total. The Morgan fingerprint density at radius 2 is 2.15 bits per heavy atom. The van der Waals surface area contributed by atoms with Crippen LogP contribution >= 0.6 is 0 Å². The predicted octanol–water partition coefficient (Wildman–Crippen LogP) is 1.53. The lowest BCUT2D eigenvalue weighted by Crippen LogP contribution is -2.46. The number of benzene rings is 1. The summed E-state index contributed by atoms with van der Waals surface area (Å²) in [6, 6.07) is 9.88. The zero-order valence-electron chi connectivity index (χ0n) is 11.2. The number of aliphatic hydroxyl groups excluding tert-OH is 1. The monoisotopic (exact) mass is 274 g/mol. The van der Waals surface area contributed by atoms with Crippen LogP contribution in [-0.4, -0.2) is 47.4 Å². The van der Waals surface area contributed by atoms with Crippen LogP contribution in [0.2, 0.25) is 0 Å². The molecule has 2 aromatic rings. The van der Waals surface area contributed by atoms with Crippen LogP contribution in [0.5, 0.6) is 0 Å². The van der Waals surface area contributed by atoms with E-state index in [1.807, 2.05) is 30.3 Å². The van der Waals surface area contributed by atoms with Gasteiger partial charge in [-0.25, -0.2) is 4.98 Å². The number of aromatic nitrogens is 1. The van der Waals surface area contributed by atoms with Gasteiger partial charge in [-0.2, -0.15) is 0 Å². The largest absolute Gasteiger partial charge is 0.444 e. The van der Waals surface area contributed by atoms with Crippen LogP contribution in [0.1, 0.15) is 5.69 Å². The highest BCUT2D eigenvalue weighted by molar-refractivity contribution is 5.52. The van der Waals surface area contributed by atoms with Gasteiger partial charge in [0.1, 0.15) is 6.26 Å². The average molecular weight is 274 g/mol. The Bertz CT molecular complexity index is 541. The number of nitrogens with zero attached hydrogens (tertiary/aromatic N) is 2. The minimum atomic E-state index is 0.0422. The van der Waals surface area contributed by atoms with Crippen molar-refractivity contribution in [3.05, 3.63) is 42.3 Å². The van der Waals surface area contributed by atoms with Gasteiger partial charge in [-0.05, 0) is 12.1 Å². The Morgan fingerprint density at radius 3 is 2.95 bits per heavy atom. The van der Waals surface area contributed by atoms with E-state index in [0.717, 1.165) is 17.8 Å². The van der Waals surface area contributed by atoms with Gasteiger partial charge in [-0.3, -0.25) is 4.90 Å². The number of aliphatic hydroxyl groups is 1. The lowest BCUT2D eigenvalue weighted by atomic mass is 10.2. The summed E-state index contributed by atoms with van der Waals surface area (Å²) in [5.41, 5.74) is 1.85. The van der Waals surface area contributed by atoms with Crippen molar-refractivity contribution in [3.8, 4) is 11.5 Å². The molecule has 2 heterocycles. The summed E-state index contributed by atoms with van der Waals surface area (Å²) in [4.78, 5) is 6.69. The van der Waals surface area contributed by atoms with Crippen molar-refractivity contribution < 1.29 is 14.3 Å². The number of rotatable bonds is 4. The van der Waals surface area contributed by atoms with E-state index in [-0.39, 0.29) is 12.6 Å². The van der Waals surface area contributed by atoms with Gasteiger partial charge in [-0.15, -0.1) is 0 Å².